The van der Waals surface area contributed by atoms with Crippen molar-refractivity contribution in [3.8, 4) is 0 Å². The fraction of sp³-hybridized carbons (Fsp3) is 0.368. The molecular weight excluding hydrogens is 318 g/mol. The number of fused-ring (bicyclic) bond motifs is 1. The van der Waals surface area contributed by atoms with E-state index in [1.54, 1.807) is 0 Å². The van der Waals surface area contributed by atoms with E-state index in [9.17, 15) is 4.79 Å². The highest BCUT2D eigenvalue weighted by molar-refractivity contribution is 7.09. The van der Waals surface area contributed by atoms with E-state index in [0.717, 1.165) is 49.4 Å². The van der Waals surface area contributed by atoms with E-state index >= 15 is 0 Å². The first-order valence-electron chi connectivity index (χ1n) is 8.44. The normalized spacial score (nSPS) is 16.7. The molecule has 1 aliphatic heterocycles. The van der Waals surface area contributed by atoms with Crippen molar-refractivity contribution >= 4 is 22.2 Å². The van der Waals surface area contributed by atoms with E-state index < -0.39 is 0 Å². The molecule has 1 aliphatic rings. The number of aromatic amines is 1. The summed E-state index contributed by atoms with van der Waals surface area (Å²) in [5.74, 6) is 1.20. The minimum absolute atomic E-state index is 0.0142. The molecule has 4 rings (SSSR count). The standard InChI is InChI=1S/C19H21N3OS/c1-13-4-5-17-16(11-13)19(23)21-18(20-17)14-6-8-22(9-7-14)12-15-3-2-10-24-15/h2-5,10-11,14H,6-9,12H2,1H3,(H,20,21,23). The number of H-pyrrole nitrogens is 1. The first-order valence-corrected chi connectivity index (χ1v) is 9.32. The molecule has 1 fully saturated rings. The fourth-order valence-corrected chi connectivity index (χ4v) is 4.20. The van der Waals surface area contributed by atoms with Crippen LogP contribution in [-0.4, -0.2) is 28.0 Å². The molecule has 0 amide bonds. The zero-order valence-corrected chi connectivity index (χ0v) is 14.6. The minimum Gasteiger partial charge on any atom is -0.310 e. The molecule has 0 saturated carbocycles. The van der Waals surface area contributed by atoms with Crippen LogP contribution in [0.25, 0.3) is 10.9 Å². The maximum atomic E-state index is 12.4. The van der Waals surface area contributed by atoms with Crippen molar-refractivity contribution < 1.29 is 0 Å². The highest BCUT2D eigenvalue weighted by atomic mass is 32.1. The van der Waals surface area contributed by atoms with Crippen molar-refractivity contribution in [3.63, 3.8) is 0 Å². The van der Waals surface area contributed by atoms with Crippen LogP contribution in [-0.2, 0) is 6.54 Å². The molecule has 3 aromatic rings. The Kier molecular flexibility index (Phi) is 4.21. The number of aromatic nitrogens is 2. The van der Waals surface area contributed by atoms with Gasteiger partial charge in [0.05, 0.1) is 10.9 Å². The first kappa shape index (κ1) is 15.5. The Morgan fingerprint density at radius 1 is 1.29 bits per heavy atom. The average molecular weight is 339 g/mol. The topological polar surface area (TPSA) is 49.0 Å². The van der Waals surface area contributed by atoms with Gasteiger partial charge in [0.25, 0.3) is 5.56 Å². The van der Waals surface area contributed by atoms with E-state index in [1.807, 2.05) is 36.5 Å². The number of nitrogens with one attached hydrogen (secondary N) is 1. The van der Waals surface area contributed by atoms with E-state index in [0.29, 0.717) is 11.3 Å². The minimum atomic E-state index is -0.0142. The van der Waals surface area contributed by atoms with Crippen LogP contribution >= 0.6 is 11.3 Å². The van der Waals surface area contributed by atoms with Crippen LogP contribution in [0.2, 0.25) is 0 Å². The summed E-state index contributed by atoms with van der Waals surface area (Å²) in [6.45, 7) is 5.14. The van der Waals surface area contributed by atoms with Crippen molar-refractivity contribution in [1.82, 2.24) is 14.9 Å². The lowest BCUT2D eigenvalue weighted by molar-refractivity contribution is 0.203. The summed E-state index contributed by atoms with van der Waals surface area (Å²) < 4.78 is 0. The van der Waals surface area contributed by atoms with E-state index in [4.69, 9.17) is 4.98 Å². The molecule has 0 bridgehead atoms. The number of nitrogens with zero attached hydrogens (tertiary/aromatic N) is 2. The molecule has 0 unspecified atom stereocenters. The Balaban J connectivity index is 1.50. The largest absolute Gasteiger partial charge is 0.310 e. The lowest BCUT2D eigenvalue weighted by Crippen LogP contribution is -2.33. The number of benzene rings is 1. The van der Waals surface area contributed by atoms with Gasteiger partial charge < -0.3 is 4.98 Å². The molecule has 0 atom stereocenters. The van der Waals surface area contributed by atoms with Gasteiger partial charge in [0.1, 0.15) is 5.82 Å². The zero-order valence-electron chi connectivity index (χ0n) is 13.8. The summed E-state index contributed by atoms with van der Waals surface area (Å²) in [4.78, 5) is 24.0. The predicted octanol–water partition coefficient (Wildman–Crippen LogP) is 3.67. The van der Waals surface area contributed by atoms with Gasteiger partial charge in [-0.1, -0.05) is 17.7 Å². The van der Waals surface area contributed by atoms with Crippen molar-refractivity contribution in [1.29, 1.82) is 0 Å². The SMILES string of the molecule is Cc1ccc2nc(C3CCN(Cc4cccs4)CC3)[nH]c(=O)c2c1. The number of piperidine rings is 1. The second kappa shape index (κ2) is 6.49. The van der Waals surface area contributed by atoms with Gasteiger partial charge in [-0.05, 0) is 56.4 Å². The number of aryl methyl sites for hydroxylation is 1. The van der Waals surface area contributed by atoms with Crippen LogP contribution in [0.3, 0.4) is 0 Å². The van der Waals surface area contributed by atoms with Gasteiger partial charge in [-0.3, -0.25) is 9.69 Å². The average Bonchev–Trinajstić information content (AvgIpc) is 3.09. The van der Waals surface area contributed by atoms with Gasteiger partial charge in [0, 0.05) is 17.3 Å². The highest BCUT2D eigenvalue weighted by Crippen LogP contribution is 2.27. The van der Waals surface area contributed by atoms with Crippen LogP contribution in [0.4, 0.5) is 0 Å². The van der Waals surface area contributed by atoms with Crippen molar-refractivity contribution in [3.05, 3.63) is 62.3 Å². The molecule has 3 heterocycles. The van der Waals surface area contributed by atoms with E-state index in [1.165, 1.54) is 4.88 Å². The Bertz CT molecular complexity index is 893. The molecule has 124 valence electrons. The quantitative estimate of drug-likeness (QED) is 0.792. The zero-order chi connectivity index (χ0) is 16.5. The second-order valence-corrected chi connectivity index (χ2v) is 7.63. The van der Waals surface area contributed by atoms with Gasteiger partial charge in [-0.15, -0.1) is 11.3 Å². The van der Waals surface area contributed by atoms with Crippen LogP contribution in [0.1, 0.15) is 35.0 Å². The third kappa shape index (κ3) is 3.14. The summed E-state index contributed by atoms with van der Waals surface area (Å²) in [6, 6.07) is 10.2. The van der Waals surface area contributed by atoms with Crippen LogP contribution in [0.15, 0.2) is 40.5 Å². The van der Waals surface area contributed by atoms with Crippen LogP contribution in [0.5, 0.6) is 0 Å². The second-order valence-electron chi connectivity index (χ2n) is 6.60. The number of likely N-dealkylation sites (tertiary alicyclic amines) is 1. The summed E-state index contributed by atoms with van der Waals surface area (Å²) in [6.07, 6.45) is 2.09. The Hall–Kier alpha value is -1.98. The predicted molar refractivity (Wildman–Crippen MR) is 98.7 cm³/mol. The summed E-state index contributed by atoms with van der Waals surface area (Å²) in [5.41, 5.74) is 1.88. The van der Waals surface area contributed by atoms with Gasteiger partial charge in [-0.25, -0.2) is 4.98 Å². The van der Waals surface area contributed by atoms with Crippen LogP contribution in [0, 0.1) is 6.92 Å². The van der Waals surface area contributed by atoms with Gasteiger partial charge in [0.15, 0.2) is 0 Å². The molecule has 1 N–H and O–H groups in total. The highest BCUT2D eigenvalue weighted by Gasteiger charge is 2.23. The molecular formula is C19H21N3OS. The molecule has 0 aliphatic carbocycles. The molecule has 5 heteroatoms. The number of hydrogen-bond acceptors (Lipinski definition) is 4. The van der Waals surface area contributed by atoms with Gasteiger partial charge in [0.2, 0.25) is 0 Å². The summed E-state index contributed by atoms with van der Waals surface area (Å²) >= 11 is 1.82. The Morgan fingerprint density at radius 2 is 2.12 bits per heavy atom. The molecule has 0 radical (unpaired) electrons. The lowest BCUT2D eigenvalue weighted by Gasteiger charge is -2.31. The van der Waals surface area contributed by atoms with Crippen LogP contribution < -0.4 is 5.56 Å². The Morgan fingerprint density at radius 3 is 2.88 bits per heavy atom. The third-order valence-electron chi connectivity index (χ3n) is 4.81. The van der Waals surface area contributed by atoms with Crippen molar-refractivity contribution in [2.75, 3.05) is 13.1 Å². The third-order valence-corrected chi connectivity index (χ3v) is 5.67. The van der Waals surface area contributed by atoms with E-state index in [-0.39, 0.29) is 5.56 Å². The number of hydrogen-bond donors (Lipinski definition) is 1. The Labute approximate surface area is 145 Å². The van der Waals surface area contributed by atoms with Crippen molar-refractivity contribution in [2.45, 2.75) is 32.2 Å². The smallest absolute Gasteiger partial charge is 0.258 e. The van der Waals surface area contributed by atoms with Gasteiger partial charge >= 0.3 is 0 Å². The summed E-state index contributed by atoms with van der Waals surface area (Å²) in [7, 11) is 0. The number of thiophene rings is 1. The van der Waals surface area contributed by atoms with Gasteiger partial charge in [-0.2, -0.15) is 0 Å². The molecule has 24 heavy (non-hydrogen) atoms. The lowest BCUT2D eigenvalue weighted by atomic mass is 9.95. The molecule has 1 saturated heterocycles. The first-order chi connectivity index (χ1) is 11.7. The molecule has 0 spiro atoms. The maximum absolute atomic E-state index is 12.4. The molecule has 4 nitrogen and oxygen atoms in total. The monoisotopic (exact) mass is 339 g/mol. The van der Waals surface area contributed by atoms with Crippen molar-refractivity contribution in [2.24, 2.45) is 0 Å². The number of rotatable bonds is 3. The molecule has 1 aromatic carbocycles. The molecule has 2 aromatic heterocycles. The maximum Gasteiger partial charge on any atom is 0.258 e. The fourth-order valence-electron chi connectivity index (χ4n) is 3.45. The summed E-state index contributed by atoms with van der Waals surface area (Å²) in [5, 5.41) is 2.82. The van der Waals surface area contributed by atoms with E-state index in [2.05, 4.69) is 27.4 Å².